The van der Waals surface area contributed by atoms with Crippen LogP contribution in [0.25, 0.3) is 0 Å². The fraction of sp³-hybridized carbons (Fsp3) is 0.500. The normalized spacial score (nSPS) is 18.7. The molecule has 1 heterocycles. The zero-order chi connectivity index (χ0) is 15.9. The van der Waals surface area contributed by atoms with Crippen molar-refractivity contribution in [2.24, 2.45) is 0 Å². The Bertz CT molecular complexity index is 515. The van der Waals surface area contributed by atoms with Gasteiger partial charge in [-0.2, -0.15) is 0 Å². The topological polar surface area (TPSA) is 78.9 Å². The van der Waals surface area contributed by atoms with Crippen molar-refractivity contribution < 1.29 is 19.4 Å². The molecule has 0 aromatic heterocycles. The largest absolute Gasteiger partial charge is 0.492 e. The minimum absolute atomic E-state index is 0.0383. The summed E-state index contributed by atoms with van der Waals surface area (Å²) in [6.45, 7) is 1.75. The third-order valence-corrected chi connectivity index (χ3v) is 3.84. The van der Waals surface area contributed by atoms with Crippen molar-refractivity contribution in [1.29, 1.82) is 0 Å². The molecule has 0 radical (unpaired) electrons. The predicted octanol–water partition coefficient (Wildman–Crippen LogP) is 1.36. The Hall–Kier alpha value is -2.08. The lowest BCUT2D eigenvalue weighted by Gasteiger charge is -2.31. The van der Waals surface area contributed by atoms with E-state index in [4.69, 9.17) is 9.84 Å². The number of carbonyl (C=O) groups is 2. The molecular formula is C16H22N2O4. The first-order valence-electron chi connectivity index (χ1n) is 7.52. The minimum atomic E-state index is -0.963. The highest BCUT2D eigenvalue weighted by molar-refractivity contribution is 5.87. The molecule has 6 nitrogen and oxygen atoms in total. The van der Waals surface area contributed by atoms with Gasteiger partial charge in [0, 0.05) is 0 Å². The molecule has 120 valence electrons. The Morgan fingerprint density at radius 2 is 2.05 bits per heavy atom. The molecular weight excluding hydrogens is 284 g/mol. The number of hydrogen-bond donors (Lipinski definition) is 2. The molecule has 1 fully saturated rings. The Morgan fingerprint density at radius 1 is 1.32 bits per heavy atom. The molecule has 1 aliphatic rings. The third-order valence-electron chi connectivity index (χ3n) is 3.84. The lowest BCUT2D eigenvalue weighted by atomic mass is 10.0. The first-order chi connectivity index (χ1) is 10.6. The average Bonchev–Trinajstić information content (AvgIpc) is 2.52. The van der Waals surface area contributed by atoms with Crippen molar-refractivity contribution in [2.75, 3.05) is 26.7 Å². The summed E-state index contributed by atoms with van der Waals surface area (Å²) in [7, 11) is 1.98. The molecule has 22 heavy (non-hydrogen) atoms. The summed E-state index contributed by atoms with van der Waals surface area (Å²) >= 11 is 0. The number of nitrogens with zero attached hydrogens (tertiary/aromatic N) is 1. The summed E-state index contributed by atoms with van der Waals surface area (Å²) in [6.07, 6.45) is 3.14. The molecule has 1 aromatic carbocycles. The molecule has 0 spiro atoms. The summed E-state index contributed by atoms with van der Waals surface area (Å²) in [5, 5.41) is 11.7. The van der Waals surface area contributed by atoms with E-state index in [-0.39, 0.29) is 17.5 Å². The molecule has 1 atom stereocenters. The van der Waals surface area contributed by atoms with Crippen LogP contribution in [-0.2, 0) is 4.79 Å². The molecule has 1 amide bonds. The number of likely N-dealkylation sites (N-methyl/N-ethyl adjacent to an activating group) is 1. The lowest BCUT2D eigenvalue weighted by molar-refractivity contribution is -0.127. The van der Waals surface area contributed by atoms with Crippen molar-refractivity contribution in [3.05, 3.63) is 29.8 Å². The van der Waals surface area contributed by atoms with Crippen LogP contribution in [0, 0.1) is 0 Å². The first kappa shape index (κ1) is 16.3. The highest BCUT2D eigenvalue weighted by atomic mass is 16.5. The van der Waals surface area contributed by atoms with Crippen LogP contribution in [0.4, 0.5) is 0 Å². The van der Waals surface area contributed by atoms with E-state index in [2.05, 4.69) is 10.2 Å². The van der Waals surface area contributed by atoms with Gasteiger partial charge >= 0.3 is 5.97 Å². The molecule has 0 bridgehead atoms. The first-order valence-corrected chi connectivity index (χ1v) is 7.52. The number of rotatable bonds is 6. The number of piperidine rings is 1. The summed E-state index contributed by atoms with van der Waals surface area (Å²) in [6, 6.07) is 6.17. The number of amides is 1. The maximum atomic E-state index is 12.1. The van der Waals surface area contributed by atoms with E-state index in [1.165, 1.54) is 12.1 Å². The number of aromatic carboxylic acids is 1. The lowest BCUT2D eigenvalue weighted by Crippen LogP contribution is -2.48. The average molecular weight is 306 g/mol. The highest BCUT2D eigenvalue weighted by Gasteiger charge is 2.25. The zero-order valence-electron chi connectivity index (χ0n) is 12.7. The van der Waals surface area contributed by atoms with Crippen LogP contribution >= 0.6 is 0 Å². The SMILES string of the molecule is CN1CCCCC1C(=O)NCCOc1ccc(C(=O)O)cc1. The van der Waals surface area contributed by atoms with Crippen LogP contribution in [0.1, 0.15) is 29.6 Å². The number of carboxylic acids is 1. The maximum Gasteiger partial charge on any atom is 0.335 e. The zero-order valence-corrected chi connectivity index (χ0v) is 12.7. The molecule has 1 unspecified atom stereocenters. The number of nitrogens with one attached hydrogen (secondary N) is 1. The van der Waals surface area contributed by atoms with Crippen LogP contribution in [0.15, 0.2) is 24.3 Å². The quantitative estimate of drug-likeness (QED) is 0.776. The summed E-state index contributed by atoms with van der Waals surface area (Å²) in [4.78, 5) is 24.9. The van der Waals surface area contributed by atoms with Crippen molar-refractivity contribution in [2.45, 2.75) is 25.3 Å². The van der Waals surface area contributed by atoms with Crippen molar-refractivity contribution in [3.8, 4) is 5.75 Å². The monoisotopic (exact) mass is 306 g/mol. The molecule has 2 N–H and O–H groups in total. The van der Waals surface area contributed by atoms with Crippen LogP contribution in [0.3, 0.4) is 0 Å². The Balaban J connectivity index is 1.70. The summed E-state index contributed by atoms with van der Waals surface area (Å²) in [5.74, 6) is -0.323. The molecule has 2 rings (SSSR count). The van der Waals surface area contributed by atoms with Gasteiger partial charge in [0.15, 0.2) is 0 Å². The van der Waals surface area contributed by atoms with Gasteiger partial charge in [0.25, 0.3) is 0 Å². The number of carboxylic acid groups (broad SMARTS) is 1. The molecule has 1 aliphatic heterocycles. The van der Waals surface area contributed by atoms with Crippen LogP contribution in [0.5, 0.6) is 5.75 Å². The van der Waals surface area contributed by atoms with Gasteiger partial charge in [0.05, 0.1) is 18.2 Å². The van der Waals surface area contributed by atoms with Gasteiger partial charge < -0.3 is 15.2 Å². The van der Waals surface area contributed by atoms with Gasteiger partial charge in [0.2, 0.25) is 5.91 Å². The van der Waals surface area contributed by atoms with Crippen molar-refractivity contribution in [3.63, 3.8) is 0 Å². The standard InChI is InChI=1S/C16H22N2O4/c1-18-10-3-2-4-14(18)15(19)17-9-11-22-13-7-5-12(6-8-13)16(20)21/h5-8,14H,2-4,9-11H2,1H3,(H,17,19)(H,20,21). The number of ether oxygens (including phenoxy) is 1. The fourth-order valence-corrected chi connectivity index (χ4v) is 2.56. The van der Waals surface area contributed by atoms with E-state index >= 15 is 0 Å². The smallest absolute Gasteiger partial charge is 0.335 e. The fourth-order valence-electron chi connectivity index (χ4n) is 2.56. The van der Waals surface area contributed by atoms with E-state index < -0.39 is 5.97 Å². The maximum absolute atomic E-state index is 12.1. The second-order valence-electron chi connectivity index (χ2n) is 5.46. The van der Waals surface area contributed by atoms with Crippen LogP contribution in [-0.4, -0.2) is 54.7 Å². The molecule has 1 aromatic rings. The summed E-state index contributed by atoms with van der Waals surface area (Å²) in [5.41, 5.74) is 0.223. The van der Waals surface area contributed by atoms with Gasteiger partial charge in [-0.05, 0) is 50.7 Å². The van der Waals surface area contributed by atoms with E-state index in [9.17, 15) is 9.59 Å². The minimum Gasteiger partial charge on any atom is -0.492 e. The van der Waals surface area contributed by atoms with E-state index in [0.717, 1.165) is 25.8 Å². The van der Waals surface area contributed by atoms with Gasteiger partial charge in [-0.25, -0.2) is 4.79 Å². The van der Waals surface area contributed by atoms with Gasteiger partial charge in [-0.1, -0.05) is 6.42 Å². The third kappa shape index (κ3) is 4.46. The predicted molar refractivity (Wildman–Crippen MR) is 82.2 cm³/mol. The Morgan fingerprint density at radius 3 is 2.68 bits per heavy atom. The Kier molecular flexibility index (Phi) is 5.77. The van der Waals surface area contributed by atoms with Crippen LogP contribution < -0.4 is 10.1 Å². The Labute approximate surface area is 130 Å². The second-order valence-corrected chi connectivity index (χ2v) is 5.46. The second kappa shape index (κ2) is 7.79. The van der Waals surface area contributed by atoms with Crippen LogP contribution in [0.2, 0.25) is 0 Å². The number of benzene rings is 1. The molecule has 0 saturated carbocycles. The van der Waals surface area contributed by atoms with E-state index in [1.54, 1.807) is 12.1 Å². The van der Waals surface area contributed by atoms with Crippen molar-refractivity contribution >= 4 is 11.9 Å². The van der Waals surface area contributed by atoms with E-state index in [1.807, 2.05) is 7.05 Å². The molecule has 1 saturated heterocycles. The highest BCUT2D eigenvalue weighted by Crippen LogP contribution is 2.15. The van der Waals surface area contributed by atoms with E-state index in [0.29, 0.717) is 18.9 Å². The van der Waals surface area contributed by atoms with Gasteiger partial charge in [0.1, 0.15) is 12.4 Å². The number of carbonyl (C=O) groups excluding carboxylic acids is 1. The summed E-state index contributed by atoms with van der Waals surface area (Å²) < 4.78 is 5.48. The number of hydrogen-bond acceptors (Lipinski definition) is 4. The molecule has 6 heteroatoms. The van der Waals surface area contributed by atoms with Crippen molar-refractivity contribution in [1.82, 2.24) is 10.2 Å². The van der Waals surface area contributed by atoms with Gasteiger partial charge in [-0.3, -0.25) is 9.69 Å². The van der Waals surface area contributed by atoms with Gasteiger partial charge in [-0.15, -0.1) is 0 Å². The number of likely N-dealkylation sites (tertiary alicyclic amines) is 1. The molecule has 0 aliphatic carbocycles.